The average Bonchev–Trinajstić information content (AvgIpc) is 3.67. The highest BCUT2D eigenvalue weighted by molar-refractivity contribution is 6.36. The van der Waals surface area contributed by atoms with Crippen molar-refractivity contribution in [2.45, 2.75) is 53.4 Å². The molecule has 5 aromatic rings. The quantitative estimate of drug-likeness (QED) is 0.139. The SMILES string of the molecule is C.CC(C)(C)OC(=O)N1CCNCC1.Clc1ccc(CN2CCN(Cc3cc4ccccc4[nH]3)CC2)c(Cl)c1.Clc1ccc(CN2CCNCC2)c(Cl)c1.O=Cc1ccc(Cl)cc1Cl. The second kappa shape index (κ2) is 26.9. The van der Waals surface area contributed by atoms with Crippen LogP contribution in [0.4, 0.5) is 4.79 Å². The standard InChI is InChI=1S/C20H21Cl2N3.C11H14Cl2N2.C9H18N2O2.C7H4Cl2O.CH4/c21-17-6-5-16(19(22)12-17)13-24-7-9-25(10-8-24)14-18-11-15-3-1-2-4-20(15)23-18;12-10-2-1-9(11(13)7-10)8-15-5-3-14-4-6-15;1-9(2,3)13-8(12)11-6-4-10-5-7-11;8-6-2-1-5(4-10)7(9)3-6;/h1-6,11-12,23H,7-10,13-14H2;1-2,7,14H,3-6,8H2;10H,4-7H2,1-3H3;1-4H;1H4. The number of nitrogens with zero attached hydrogens (tertiary/aromatic N) is 4. The smallest absolute Gasteiger partial charge is 0.410 e. The number of ether oxygens (including phenoxy) is 1. The maximum Gasteiger partial charge on any atom is 0.410 e. The minimum Gasteiger partial charge on any atom is -0.444 e. The number of rotatable bonds is 7. The molecule has 0 bridgehead atoms. The molecule has 10 nitrogen and oxygen atoms in total. The Hall–Kier alpha value is -3.10. The number of piperazine rings is 3. The summed E-state index contributed by atoms with van der Waals surface area (Å²) in [7, 11) is 0. The topological polar surface area (TPSA) is 96.2 Å². The van der Waals surface area contributed by atoms with Crippen molar-refractivity contribution in [3.63, 3.8) is 0 Å². The number of carbonyl (C=O) groups is 2. The van der Waals surface area contributed by atoms with Crippen molar-refractivity contribution in [1.82, 2.24) is 35.2 Å². The molecule has 16 heteroatoms. The molecule has 4 aromatic carbocycles. The molecular formula is C48H61Cl6N7O3. The van der Waals surface area contributed by atoms with Gasteiger partial charge in [-0.15, -0.1) is 0 Å². The van der Waals surface area contributed by atoms with Gasteiger partial charge in [0.05, 0.1) is 5.02 Å². The number of carbonyl (C=O) groups excluding carboxylic acids is 2. The Morgan fingerprint density at radius 2 is 1.08 bits per heavy atom. The van der Waals surface area contributed by atoms with Gasteiger partial charge in [-0.1, -0.05) is 107 Å². The number of fused-ring (bicyclic) bond motifs is 1. The van der Waals surface area contributed by atoms with E-state index in [0.717, 1.165) is 119 Å². The van der Waals surface area contributed by atoms with E-state index in [4.69, 9.17) is 74.3 Å². The third-order valence-corrected chi connectivity index (χ3v) is 12.1. The first-order chi connectivity index (χ1) is 30.1. The predicted octanol–water partition coefficient (Wildman–Crippen LogP) is 11.5. The fourth-order valence-electron chi connectivity index (χ4n) is 6.99. The minimum atomic E-state index is -0.387. The lowest BCUT2D eigenvalue weighted by atomic mass is 10.2. The largest absolute Gasteiger partial charge is 0.444 e. The van der Waals surface area contributed by atoms with E-state index in [1.54, 1.807) is 23.1 Å². The molecule has 8 rings (SSSR count). The summed E-state index contributed by atoms with van der Waals surface area (Å²) < 4.78 is 5.24. The van der Waals surface area contributed by atoms with Crippen LogP contribution >= 0.6 is 69.6 Å². The van der Waals surface area contributed by atoms with Gasteiger partial charge in [-0.3, -0.25) is 19.5 Å². The van der Waals surface area contributed by atoms with E-state index >= 15 is 0 Å². The molecule has 64 heavy (non-hydrogen) atoms. The van der Waals surface area contributed by atoms with Crippen LogP contribution < -0.4 is 10.6 Å². The number of halogens is 6. The zero-order chi connectivity index (χ0) is 45.4. The molecule has 3 aliphatic heterocycles. The summed E-state index contributed by atoms with van der Waals surface area (Å²) in [5.41, 5.74) is 4.88. The normalized spacial score (nSPS) is 15.9. The van der Waals surface area contributed by atoms with Crippen molar-refractivity contribution in [1.29, 1.82) is 0 Å². The monoisotopic (exact) mass is 993 g/mol. The van der Waals surface area contributed by atoms with Crippen LogP contribution in [-0.2, 0) is 24.4 Å². The highest BCUT2D eigenvalue weighted by atomic mass is 35.5. The maximum atomic E-state index is 11.5. The second-order valence-corrected chi connectivity index (χ2v) is 19.0. The predicted molar refractivity (Wildman–Crippen MR) is 269 cm³/mol. The highest BCUT2D eigenvalue weighted by Crippen LogP contribution is 2.25. The summed E-state index contributed by atoms with van der Waals surface area (Å²) in [4.78, 5) is 34.3. The van der Waals surface area contributed by atoms with Gasteiger partial charge in [0.15, 0.2) is 6.29 Å². The zero-order valence-corrected chi connectivity index (χ0v) is 40.6. The Bertz CT molecular complexity index is 2180. The average molecular weight is 997 g/mol. The van der Waals surface area contributed by atoms with Crippen LogP contribution in [0.5, 0.6) is 0 Å². The van der Waals surface area contributed by atoms with Crippen LogP contribution in [0.1, 0.15) is 55.4 Å². The fraction of sp³-hybridized carbons (Fsp3) is 0.417. The number of para-hydroxylation sites is 1. The van der Waals surface area contributed by atoms with Gasteiger partial charge in [0, 0.05) is 140 Å². The molecule has 1 amide bonds. The van der Waals surface area contributed by atoms with Crippen molar-refractivity contribution in [2.75, 3.05) is 78.5 Å². The zero-order valence-electron chi connectivity index (χ0n) is 36.0. The lowest BCUT2D eigenvalue weighted by molar-refractivity contribution is 0.0228. The molecule has 3 aliphatic rings. The Balaban J connectivity index is 0.000000199. The Morgan fingerprint density at radius 3 is 1.56 bits per heavy atom. The van der Waals surface area contributed by atoms with Crippen LogP contribution in [0, 0.1) is 0 Å². The third-order valence-electron chi connectivity index (χ3n) is 10.3. The molecule has 348 valence electrons. The van der Waals surface area contributed by atoms with Crippen LogP contribution in [-0.4, -0.2) is 121 Å². The van der Waals surface area contributed by atoms with Crippen LogP contribution in [0.25, 0.3) is 10.9 Å². The van der Waals surface area contributed by atoms with Crippen molar-refractivity contribution in [3.8, 4) is 0 Å². The summed E-state index contributed by atoms with van der Waals surface area (Å²) in [5, 5.41) is 11.6. The molecule has 0 radical (unpaired) electrons. The summed E-state index contributed by atoms with van der Waals surface area (Å²) in [6.45, 7) is 20.2. The molecule has 3 saturated heterocycles. The van der Waals surface area contributed by atoms with Crippen LogP contribution in [0.15, 0.2) is 84.9 Å². The minimum absolute atomic E-state index is 0. The fourth-order valence-corrected chi connectivity index (χ4v) is 8.38. The number of H-pyrrole nitrogens is 1. The molecule has 1 aromatic heterocycles. The molecular weight excluding hydrogens is 935 g/mol. The molecule has 0 aliphatic carbocycles. The first-order valence-corrected chi connectivity index (χ1v) is 23.3. The van der Waals surface area contributed by atoms with Gasteiger partial charge in [-0.05, 0) is 91.9 Å². The Labute approximate surface area is 409 Å². The first kappa shape index (κ1) is 53.5. The van der Waals surface area contributed by atoms with Crippen LogP contribution in [0.3, 0.4) is 0 Å². The summed E-state index contributed by atoms with van der Waals surface area (Å²) in [5.74, 6) is 0. The second-order valence-electron chi connectivity index (χ2n) is 16.4. The lowest BCUT2D eigenvalue weighted by Gasteiger charge is -2.34. The van der Waals surface area contributed by atoms with E-state index in [2.05, 4.69) is 60.6 Å². The first-order valence-electron chi connectivity index (χ1n) is 21.1. The molecule has 0 atom stereocenters. The maximum absolute atomic E-state index is 11.5. The number of aldehydes is 1. The van der Waals surface area contributed by atoms with E-state index in [9.17, 15) is 9.59 Å². The Morgan fingerprint density at radius 1 is 0.609 bits per heavy atom. The number of hydrogen-bond acceptors (Lipinski definition) is 8. The van der Waals surface area contributed by atoms with E-state index in [1.165, 1.54) is 22.7 Å². The van der Waals surface area contributed by atoms with Gasteiger partial charge in [-0.25, -0.2) is 4.79 Å². The van der Waals surface area contributed by atoms with Gasteiger partial charge in [-0.2, -0.15) is 0 Å². The number of hydrogen-bond donors (Lipinski definition) is 3. The molecule has 4 heterocycles. The Kier molecular flexibility index (Phi) is 22.5. The van der Waals surface area contributed by atoms with E-state index < -0.39 is 0 Å². The summed E-state index contributed by atoms with van der Waals surface area (Å²) >= 11 is 35.4. The molecule has 3 N–H and O–H groups in total. The van der Waals surface area contributed by atoms with Crippen LogP contribution in [0.2, 0.25) is 30.1 Å². The van der Waals surface area contributed by atoms with Crippen molar-refractivity contribution in [2.24, 2.45) is 0 Å². The van der Waals surface area contributed by atoms with Gasteiger partial charge in [0.1, 0.15) is 5.60 Å². The van der Waals surface area contributed by atoms with Crippen molar-refractivity contribution in [3.05, 3.63) is 137 Å². The molecule has 0 saturated carbocycles. The number of aromatic amines is 1. The lowest BCUT2D eigenvalue weighted by Crippen LogP contribution is -2.48. The van der Waals surface area contributed by atoms with Crippen molar-refractivity contribution >= 4 is 92.9 Å². The molecule has 3 fully saturated rings. The third kappa shape index (κ3) is 18.3. The van der Waals surface area contributed by atoms with Gasteiger partial charge >= 0.3 is 6.09 Å². The molecule has 0 unspecified atom stereocenters. The number of benzene rings is 4. The van der Waals surface area contributed by atoms with Crippen molar-refractivity contribution < 1.29 is 14.3 Å². The number of nitrogens with one attached hydrogen (secondary N) is 3. The van der Waals surface area contributed by atoms with Gasteiger partial charge in [0.25, 0.3) is 0 Å². The van der Waals surface area contributed by atoms with E-state index in [0.29, 0.717) is 31.9 Å². The highest BCUT2D eigenvalue weighted by Gasteiger charge is 2.23. The summed E-state index contributed by atoms with van der Waals surface area (Å²) in [6.07, 6.45) is 0.493. The number of amides is 1. The van der Waals surface area contributed by atoms with E-state index in [-0.39, 0.29) is 19.1 Å². The number of aromatic nitrogens is 1. The van der Waals surface area contributed by atoms with Gasteiger partial charge < -0.3 is 25.3 Å². The van der Waals surface area contributed by atoms with Gasteiger partial charge in [0.2, 0.25) is 0 Å². The van der Waals surface area contributed by atoms with E-state index in [1.807, 2.05) is 51.1 Å². The molecule has 0 spiro atoms. The summed E-state index contributed by atoms with van der Waals surface area (Å²) in [6, 6.07) is 26.9.